The molecule has 13 nitrogen and oxygen atoms in total. The number of nitrogens with one attached hydrogen (secondary N) is 4. The first-order chi connectivity index (χ1) is 25.0. The second-order valence-corrected chi connectivity index (χ2v) is 13.3. The summed E-state index contributed by atoms with van der Waals surface area (Å²) in [5.41, 5.74) is 3.09. The molecule has 3 aromatic carbocycles. The number of carbonyl (C=O) groups is 6. The van der Waals surface area contributed by atoms with Crippen LogP contribution in [0.2, 0.25) is 0 Å². The number of carbonyl (C=O) groups excluding carboxylic acids is 4. The van der Waals surface area contributed by atoms with E-state index in [9.17, 15) is 39.0 Å². The van der Waals surface area contributed by atoms with Crippen molar-refractivity contribution in [1.29, 1.82) is 0 Å². The van der Waals surface area contributed by atoms with Gasteiger partial charge in [0.1, 0.15) is 29.9 Å². The van der Waals surface area contributed by atoms with Crippen LogP contribution >= 0.6 is 11.3 Å². The Morgan fingerprint density at radius 2 is 1.33 bits per heavy atom. The van der Waals surface area contributed by atoms with Gasteiger partial charge in [0.05, 0.1) is 0 Å². The van der Waals surface area contributed by atoms with Gasteiger partial charge >= 0.3 is 11.9 Å². The van der Waals surface area contributed by atoms with Crippen LogP contribution in [-0.4, -0.2) is 76.6 Å². The predicted molar refractivity (Wildman–Crippen MR) is 191 cm³/mol. The molecule has 0 fully saturated rings. The number of rotatable bonds is 9. The summed E-state index contributed by atoms with van der Waals surface area (Å²) < 4.78 is 5.63. The van der Waals surface area contributed by atoms with Gasteiger partial charge in [0.25, 0.3) is 5.91 Å². The third-order valence-electron chi connectivity index (χ3n) is 8.40. The lowest BCUT2D eigenvalue weighted by molar-refractivity contribution is -0.143. The molecule has 6 rings (SSSR count). The minimum atomic E-state index is -1.45. The molecule has 4 aromatic rings. The van der Waals surface area contributed by atoms with Crippen molar-refractivity contribution in [1.82, 2.24) is 21.3 Å². The van der Waals surface area contributed by atoms with Crippen LogP contribution in [0, 0.1) is 0 Å². The van der Waals surface area contributed by atoms with Crippen LogP contribution in [0.1, 0.15) is 28.8 Å². The van der Waals surface area contributed by atoms with E-state index < -0.39 is 72.8 Å². The van der Waals surface area contributed by atoms with E-state index in [0.29, 0.717) is 16.9 Å². The second-order valence-electron chi connectivity index (χ2n) is 12.3. The van der Waals surface area contributed by atoms with Crippen molar-refractivity contribution in [3.63, 3.8) is 0 Å². The largest absolute Gasteiger partial charge is 0.484 e. The third-order valence-corrected chi connectivity index (χ3v) is 9.30. The number of hydrogen-bond donors (Lipinski definition) is 6. The summed E-state index contributed by atoms with van der Waals surface area (Å²) in [4.78, 5) is 79.0. The van der Waals surface area contributed by atoms with Gasteiger partial charge in [0.15, 0.2) is 6.61 Å². The van der Waals surface area contributed by atoms with Crippen LogP contribution in [0.5, 0.6) is 5.75 Å². The Bertz CT molecular complexity index is 1870. The summed E-state index contributed by atoms with van der Waals surface area (Å²) in [6, 6.07) is 21.6. The van der Waals surface area contributed by atoms with Crippen LogP contribution in [0.3, 0.4) is 0 Å². The fourth-order valence-electron chi connectivity index (χ4n) is 5.64. The van der Waals surface area contributed by atoms with E-state index in [-0.39, 0.29) is 25.7 Å². The molecule has 0 radical (unpaired) electrons. The number of benzene rings is 3. The predicted octanol–water partition coefficient (Wildman–Crippen LogP) is 2.72. The average molecular weight is 727 g/mol. The number of aliphatic carboxylic acids is 2. The lowest BCUT2D eigenvalue weighted by Gasteiger charge is -2.26. The van der Waals surface area contributed by atoms with Crippen molar-refractivity contribution in [2.45, 2.75) is 56.3 Å². The van der Waals surface area contributed by atoms with Gasteiger partial charge in [-0.25, -0.2) is 4.79 Å². The maximum absolute atomic E-state index is 14.0. The molecule has 6 N–H and O–H groups in total. The Kier molecular flexibility index (Phi) is 12.7. The highest BCUT2D eigenvalue weighted by molar-refractivity contribution is 7.09. The molecule has 14 heteroatoms. The number of carboxylic acid groups (broad SMARTS) is 2. The Morgan fingerprint density at radius 3 is 1.96 bits per heavy atom. The molecule has 4 amide bonds. The average Bonchev–Trinajstić information content (AvgIpc) is 3.65. The standard InChI is InChI=1S/C38H38N4O9S/c43-33-22-51-27-14-10-24(11-15-27)20-32(38(49)50)42-35(46)29(16-17-34(44)45)40-36(47)30(41-37(48)31(39-33)21-28-7-4-18-52-28)19-23-8-12-26(13-9-23)25-5-2-1-3-6-25/h1-15,18,29-32H,16-17,19-22H2,(H,39,43)(H,40,47)(H,41,48)(H,42,46)(H,44,45)(H,49,50)/t29-,30-,31-,32-/m0/s1. The molecule has 0 unspecified atom stereocenters. The zero-order valence-electron chi connectivity index (χ0n) is 28.0. The van der Waals surface area contributed by atoms with E-state index in [4.69, 9.17) is 4.74 Å². The highest BCUT2D eigenvalue weighted by Crippen LogP contribution is 2.20. The van der Waals surface area contributed by atoms with Gasteiger partial charge in [0.2, 0.25) is 17.7 Å². The quantitative estimate of drug-likeness (QED) is 0.140. The van der Waals surface area contributed by atoms with Crippen molar-refractivity contribution in [3.05, 3.63) is 112 Å². The number of hydrogen-bond acceptors (Lipinski definition) is 8. The molecule has 2 aliphatic heterocycles. The minimum Gasteiger partial charge on any atom is -0.484 e. The highest BCUT2D eigenvalue weighted by atomic mass is 32.1. The first kappa shape index (κ1) is 37.2. The van der Waals surface area contributed by atoms with Gasteiger partial charge in [0, 0.05) is 30.6 Å². The summed E-state index contributed by atoms with van der Waals surface area (Å²) in [5.74, 6) is -5.25. The number of ether oxygens (including phenoxy) is 1. The topological polar surface area (TPSA) is 200 Å². The molecular weight excluding hydrogens is 689 g/mol. The van der Waals surface area contributed by atoms with E-state index in [2.05, 4.69) is 21.3 Å². The molecule has 0 aliphatic carbocycles. The van der Waals surface area contributed by atoms with Crippen molar-refractivity contribution in [3.8, 4) is 16.9 Å². The monoisotopic (exact) mass is 726 g/mol. The molecule has 0 saturated carbocycles. The van der Waals surface area contributed by atoms with Crippen LogP contribution in [-0.2, 0) is 48.0 Å². The van der Waals surface area contributed by atoms with Gasteiger partial charge in [-0.15, -0.1) is 11.3 Å². The molecule has 3 heterocycles. The maximum atomic E-state index is 14.0. The summed E-state index contributed by atoms with van der Waals surface area (Å²) >= 11 is 1.39. The Morgan fingerprint density at radius 1 is 0.692 bits per heavy atom. The SMILES string of the molecule is O=C(O)CC[C@@H]1NC(=O)[C@H](Cc2ccc(-c3ccccc3)cc2)NC(=O)[C@H](Cc2cccs2)NC(=O)COc2ccc(cc2)C[C@@H](C(=O)O)NC1=O. The first-order valence-electron chi connectivity index (χ1n) is 16.6. The van der Waals surface area contributed by atoms with Crippen molar-refractivity contribution < 1.29 is 43.7 Å². The summed E-state index contributed by atoms with van der Waals surface area (Å²) in [5, 5.41) is 31.6. The van der Waals surface area contributed by atoms with Crippen LogP contribution in [0.4, 0.5) is 0 Å². The Labute approximate surface area is 303 Å². The van der Waals surface area contributed by atoms with Crippen LogP contribution < -0.4 is 26.0 Å². The normalized spacial score (nSPS) is 20.2. The van der Waals surface area contributed by atoms with Crippen molar-refractivity contribution in [2.24, 2.45) is 0 Å². The second kappa shape index (κ2) is 17.8. The maximum Gasteiger partial charge on any atom is 0.326 e. The molecule has 0 spiro atoms. The van der Waals surface area contributed by atoms with E-state index in [0.717, 1.165) is 16.0 Å². The molecule has 1 aromatic heterocycles. The van der Waals surface area contributed by atoms with E-state index in [1.165, 1.54) is 11.3 Å². The number of fused-ring (bicyclic) bond motifs is 16. The van der Waals surface area contributed by atoms with E-state index >= 15 is 0 Å². The van der Waals surface area contributed by atoms with Gasteiger partial charge in [-0.1, -0.05) is 72.8 Å². The molecular formula is C38H38N4O9S. The van der Waals surface area contributed by atoms with Gasteiger partial charge in [-0.3, -0.25) is 24.0 Å². The van der Waals surface area contributed by atoms with Crippen LogP contribution in [0.25, 0.3) is 11.1 Å². The number of amides is 4. The fraction of sp³-hybridized carbons (Fsp3) is 0.263. The molecule has 4 atom stereocenters. The Balaban J connectivity index is 1.48. The molecule has 0 saturated heterocycles. The highest BCUT2D eigenvalue weighted by Gasteiger charge is 2.32. The zero-order chi connectivity index (χ0) is 37.0. The minimum absolute atomic E-state index is 0.0333. The fourth-order valence-corrected chi connectivity index (χ4v) is 6.40. The van der Waals surface area contributed by atoms with Crippen molar-refractivity contribution in [2.75, 3.05) is 6.61 Å². The summed E-state index contributed by atoms with van der Waals surface area (Å²) in [6.07, 6.45) is -0.915. The lowest BCUT2D eigenvalue weighted by atomic mass is 9.99. The zero-order valence-corrected chi connectivity index (χ0v) is 28.8. The first-order valence-corrected chi connectivity index (χ1v) is 17.5. The molecule has 52 heavy (non-hydrogen) atoms. The summed E-state index contributed by atoms with van der Waals surface area (Å²) in [7, 11) is 0. The lowest BCUT2D eigenvalue weighted by Crippen LogP contribution is -2.58. The number of thiophene rings is 1. The van der Waals surface area contributed by atoms with Crippen LogP contribution in [0.15, 0.2) is 96.4 Å². The van der Waals surface area contributed by atoms with E-state index in [1.54, 1.807) is 36.4 Å². The Hall–Kier alpha value is -6.02. The molecule has 2 aliphatic rings. The van der Waals surface area contributed by atoms with Gasteiger partial charge < -0.3 is 36.2 Å². The van der Waals surface area contributed by atoms with Gasteiger partial charge in [-0.2, -0.15) is 0 Å². The molecule has 270 valence electrons. The smallest absolute Gasteiger partial charge is 0.326 e. The van der Waals surface area contributed by atoms with E-state index in [1.807, 2.05) is 60.0 Å². The summed E-state index contributed by atoms with van der Waals surface area (Å²) in [6.45, 7) is -0.426. The van der Waals surface area contributed by atoms with Gasteiger partial charge in [-0.05, 0) is 52.3 Å². The molecule has 2 bridgehead atoms. The number of carboxylic acids is 2. The third kappa shape index (κ3) is 10.7. The van der Waals surface area contributed by atoms with Crippen molar-refractivity contribution >= 4 is 46.9 Å².